The molecule has 2 rings (SSSR count). The first kappa shape index (κ1) is 13.7. The lowest BCUT2D eigenvalue weighted by Crippen LogP contribution is -2.31. The molecule has 0 atom stereocenters. The van der Waals surface area contributed by atoms with Gasteiger partial charge in [-0.25, -0.2) is 4.98 Å². The second-order valence-electron chi connectivity index (χ2n) is 5.10. The fraction of sp³-hybridized carbons (Fsp3) is 0.500. The van der Waals surface area contributed by atoms with E-state index in [1.54, 1.807) is 7.11 Å². The molecule has 2 aromatic rings. The molecular weight excluding hydrogens is 242 g/mol. The maximum atomic E-state index is 6.00. The SMILES string of the molecule is CCOC(C)(C)Cn1c(N)nc2cc(OC)ccc21. The first-order chi connectivity index (χ1) is 8.96. The Morgan fingerprint density at radius 1 is 1.37 bits per heavy atom. The largest absolute Gasteiger partial charge is 0.497 e. The van der Waals surface area contributed by atoms with Crippen molar-refractivity contribution in [3.63, 3.8) is 0 Å². The van der Waals surface area contributed by atoms with Crippen LogP contribution < -0.4 is 10.5 Å². The molecule has 0 aliphatic rings. The van der Waals surface area contributed by atoms with Gasteiger partial charge in [-0.1, -0.05) is 0 Å². The van der Waals surface area contributed by atoms with Crippen LogP contribution in [-0.4, -0.2) is 28.9 Å². The van der Waals surface area contributed by atoms with Crippen molar-refractivity contribution >= 4 is 17.0 Å². The average molecular weight is 263 g/mol. The summed E-state index contributed by atoms with van der Waals surface area (Å²) in [6.45, 7) is 7.42. The summed E-state index contributed by atoms with van der Waals surface area (Å²) in [5.74, 6) is 1.28. The number of nitrogens with two attached hydrogens (primary N) is 1. The molecule has 2 N–H and O–H groups in total. The van der Waals surface area contributed by atoms with Crippen LogP contribution in [-0.2, 0) is 11.3 Å². The summed E-state index contributed by atoms with van der Waals surface area (Å²) in [6, 6.07) is 5.77. The Labute approximate surface area is 113 Å². The van der Waals surface area contributed by atoms with Crippen LogP contribution in [0.2, 0.25) is 0 Å². The van der Waals surface area contributed by atoms with Crippen molar-refractivity contribution in [1.82, 2.24) is 9.55 Å². The van der Waals surface area contributed by atoms with Gasteiger partial charge in [-0.15, -0.1) is 0 Å². The Morgan fingerprint density at radius 3 is 2.74 bits per heavy atom. The molecule has 1 aromatic carbocycles. The molecule has 0 saturated heterocycles. The lowest BCUT2D eigenvalue weighted by Gasteiger charge is -2.25. The molecule has 0 fully saturated rings. The highest BCUT2D eigenvalue weighted by Gasteiger charge is 2.21. The number of imidazole rings is 1. The van der Waals surface area contributed by atoms with Crippen LogP contribution in [0.5, 0.6) is 5.75 Å². The van der Waals surface area contributed by atoms with Crippen LogP contribution >= 0.6 is 0 Å². The highest BCUT2D eigenvalue weighted by molar-refractivity contribution is 5.79. The van der Waals surface area contributed by atoms with Crippen molar-refractivity contribution in [3.8, 4) is 5.75 Å². The molecule has 104 valence electrons. The highest BCUT2D eigenvalue weighted by Crippen LogP contribution is 2.25. The van der Waals surface area contributed by atoms with E-state index in [-0.39, 0.29) is 5.60 Å². The average Bonchev–Trinajstić information content (AvgIpc) is 2.64. The zero-order chi connectivity index (χ0) is 14.0. The van der Waals surface area contributed by atoms with Crippen molar-refractivity contribution in [2.75, 3.05) is 19.5 Å². The summed E-state index contributed by atoms with van der Waals surface area (Å²) in [5, 5.41) is 0. The van der Waals surface area contributed by atoms with Gasteiger partial charge in [-0.2, -0.15) is 0 Å². The van der Waals surface area contributed by atoms with E-state index in [1.165, 1.54) is 0 Å². The molecule has 5 heteroatoms. The molecular formula is C14H21N3O2. The number of nitrogens with zero attached hydrogens (tertiary/aromatic N) is 2. The lowest BCUT2D eigenvalue weighted by molar-refractivity contribution is -0.0212. The lowest BCUT2D eigenvalue weighted by atomic mass is 10.1. The minimum absolute atomic E-state index is 0.281. The molecule has 0 aliphatic carbocycles. The van der Waals surface area contributed by atoms with Crippen LogP contribution in [0.4, 0.5) is 5.95 Å². The first-order valence-electron chi connectivity index (χ1n) is 6.40. The molecule has 0 amide bonds. The third-order valence-corrected chi connectivity index (χ3v) is 3.06. The predicted octanol–water partition coefficient (Wildman–Crippen LogP) is 2.44. The number of aromatic nitrogens is 2. The van der Waals surface area contributed by atoms with Gasteiger partial charge in [0.1, 0.15) is 5.75 Å². The molecule has 1 heterocycles. The quantitative estimate of drug-likeness (QED) is 0.900. The monoisotopic (exact) mass is 263 g/mol. The summed E-state index contributed by atoms with van der Waals surface area (Å²) < 4.78 is 12.9. The number of nitrogen functional groups attached to an aromatic ring is 1. The minimum atomic E-state index is -0.281. The number of hydrogen-bond donors (Lipinski definition) is 1. The predicted molar refractivity (Wildman–Crippen MR) is 76.4 cm³/mol. The third kappa shape index (κ3) is 2.81. The van der Waals surface area contributed by atoms with E-state index >= 15 is 0 Å². The van der Waals surface area contributed by atoms with Gasteiger partial charge in [-0.3, -0.25) is 0 Å². The van der Waals surface area contributed by atoms with Gasteiger partial charge in [-0.05, 0) is 32.9 Å². The van der Waals surface area contributed by atoms with Gasteiger partial charge in [0.25, 0.3) is 0 Å². The first-order valence-corrected chi connectivity index (χ1v) is 6.40. The Kier molecular flexibility index (Phi) is 3.66. The van der Waals surface area contributed by atoms with E-state index in [4.69, 9.17) is 15.2 Å². The molecule has 0 aliphatic heterocycles. The number of hydrogen-bond acceptors (Lipinski definition) is 4. The van der Waals surface area contributed by atoms with Gasteiger partial charge in [0.05, 0.1) is 30.3 Å². The maximum absolute atomic E-state index is 6.00. The molecule has 1 aromatic heterocycles. The van der Waals surface area contributed by atoms with E-state index in [0.717, 1.165) is 16.8 Å². The number of benzene rings is 1. The van der Waals surface area contributed by atoms with Gasteiger partial charge in [0.15, 0.2) is 0 Å². The number of ether oxygens (including phenoxy) is 2. The highest BCUT2D eigenvalue weighted by atomic mass is 16.5. The van der Waals surface area contributed by atoms with E-state index < -0.39 is 0 Å². The van der Waals surface area contributed by atoms with Crippen molar-refractivity contribution < 1.29 is 9.47 Å². The van der Waals surface area contributed by atoms with E-state index in [1.807, 2.05) is 43.5 Å². The van der Waals surface area contributed by atoms with E-state index in [2.05, 4.69) is 4.98 Å². The topological polar surface area (TPSA) is 62.3 Å². The maximum Gasteiger partial charge on any atom is 0.201 e. The van der Waals surface area contributed by atoms with Gasteiger partial charge in [0, 0.05) is 12.7 Å². The van der Waals surface area contributed by atoms with Crippen LogP contribution in [0.25, 0.3) is 11.0 Å². The number of rotatable bonds is 5. The normalized spacial score (nSPS) is 12.0. The molecule has 5 nitrogen and oxygen atoms in total. The molecule has 0 radical (unpaired) electrons. The van der Waals surface area contributed by atoms with Crippen molar-refractivity contribution in [1.29, 1.82) is 0 Å². The minimum Gasteiger partial charge on any atom is -0.497 e. The van der Waals surface area contributed by atoms with Gasteiger partial charge >= 0.3 is 0 Å². The summed E-state index contributed by atoms with van der Waals surface area (Å²) in [4.78, 5) is 4.37. The van der Waals surface area contributed by atoms with E-state index in [0.29, 0.717) is 19.1 Å². The van der Waals surface area contributed by atoms with Gasteiger partial charge in [0.2, 0.25) is 5.95 Å². The Hall–Kier alpha value is -1.75. The van der Waals surface area contributed by atoms with Crippen molar-refractivity contribution in [2.45, 2.75) is 32.9 Å². The van der Waals surface area contributed by atoms with Crippen LogP contribution in [0, 0.1) is 0 Å². The summed E-state index contributed by atoms with van der Waals surface area (Å²) >= 11 is 0. The zero-order valence-corrected chi connectivity index (χ0v) is 11.9. The molecule has 0 bridgehead atoms. The van der Waals surface area contributed by atoms with Crippen LogP contribution in [0.3, 0.4) is 0 Å². The van der Waals surface area contributed by atoms with Crippen LogP contribution in [0.1, 0.15) is 20.8 Å². The van der Waals surface area contributed by atoms with Crippen molar-refractivity contribution in [2.24, 2.45) is 0 Å². The Morgan fingerprint density at radius 2 is 2.11 bits per heavy atom. The molecule has 0 saturated carbocycles. The summed E-state index contributed by atoms with van der Waals surface area (Å²) in [7, 11) is 1.64. The second kappa shape index (κ2) is 5.09. The number of anilines is 1. The number of fused-ring (bicyclic) bond motifs is 1. The fourth-order valence-corrected chi connectivity index (χ4v) is 2.24. The summed E-state index contributed by atoms with van der Waals surface area (Å²) in [5.41, 5.74) is 7.55. The van der Waals surface area contributed by atoms with Crippen molar-refractivity contribution in [3.05, 3.63) is 18.2 Å². The second-order valence-corrected chi connectivity index (χ2v) is 5.10. The fourth-order valence-electron chi connectivity index (χ4n) is 2.24. The smallest absolute Gasteiger partial charge is 0.201 e. The molecule has 0 unspecified atom stereocenters. The van der Waals surface area contributed by atoms with Gasteiger partial charge < -0.3 is 19.8 Å². The Bertz CT molecular complexity index is 575. The molecule has 0 spiro atoms. The van der Waals surface area contributed by atoms with E-state index in [9.17, 15) is 0 Å². The Balaban J connectivity index is 2.40. The standard InChI is InChI=1S/C14H21N3O2/c1-5-19-14(2,3)9-17-12-7-6-10(18-4)8-11(12)16-13(17)15/h6-8H,5,9H2,1-4H3,(H2,15,16). The number of methoxy groups -OCH3 is 1. The third-order valence-electron chi connectivity index (χ3n) is 3.06. The molecule has 19 heavy (non-hydrogen) atoms. The van der Waals surface area contributed by atoms with Crippen LogP contribution in [0.15, 0.2) is 18.2 Å². The zero-order valence-electron chi connectivity index (χ0n) is 11.9. The summed E-state index contributed by atoms with van der Waals surface area (Å²) in [6.07, 6.45) is 0.